The summed E-state index contributed by atoms with van der Waals surface area (Å²) in [5.74, 6) is 0.0199. The predicted octanol–water partition coefficient (Wildman–Crippen LogP) is 2.98. The van der Waals surface area contributed by atoms with Crippen LogP contribution < -0.4 is 0 Å². The number of fused-ring (bicyclic) bond motifs is 1. The Bertz CT molecular complexity index is 1230. The highest BCUT2D eigenvalue weighted by Crippen LogP contribution is 2.20. The van der Waals surface area contributed by atoms with E-state index in [0.29, 0.717) is 24.5 Å². The lowest BCUT2D eigenvalue weighted by molar-refractivity contribution is -0.134. The summed E-state index contributed by atoms with van der Waals surface area (Å²) in [4.78, 5) is 18.3. The van der Waals surface area contributed by atoms with E-state index in [9.17, 15) is 9.18 Å². The largest absolute Gasteiger partial charge is 0.338 e. The van der Waals surface area contributed by atoms with Crippen LogP contribution in [0.5, 0.6) is 0 Å². The van der Waals surface area contributed by atoms with Crippen LogP contribution in [0.15, 0.2) is 66.7 Å². The number of benzene rings is 3. The van der Waals surface area contributed by atoms with Crippen LogP contribution in [0.2, 0.25) is 0 Å². The van der Waals surface area contributed by atoms with Crippen LogP contribution >= 0.6 is 0 Å². The van der Waals surface area contributed by atoms with Crippen LogP contribution in [-0.4, -0.2) is 62.1 Å². The number of piperazine rings is 1. The van der Waals surface area contributed by atoms with Crippen LogP contribution in [0.1, 0.15) is 5.56 Å². The first-order valence-corrected chi connectivity index (χ1v) is 10.7. The van der Waals surface area contributed by atoms with Gasteiger partial charge >= 0.3 is 0 Å². The molecule has 1 amide bonds. The van der Waals surface area contributed by atoms with E-state index in [1.54, 1.807) is 12.1 Å². The maximum atomic E-state index is 13.1. The summed E-state index contributed by atoms with van der Waals surface area (Å²) < 4.78 is 13.1. The molecule has 0 radical (unpaired) electrons. The lowest BCUT2D eigenvalue weighted by atomic mass is 10.0. The van der Waals surface area contributed by atoms with Gasteiger partial charge in [-0.1, -0.05) is 42.5 Å². The molecule has 0 saturated carbocycles. The van der Waals surface area contributed by atoms with Gasteiger partial charge in [0.15, 0.2) is 0 Å². The molecule has 1 aliphatic rings. The lowest BCUT2D eigenvalue weighted by Gasteiger charge is -2.34. The minimum atomic E-state index is -0.323. The highest BCUT2D eigenvalue weighted by atomic mass is 19.1. The summed E-state index contributed by atoms with van der Waals surface area (Å²) in [5.41, 5.74) is 1.97. The minimum absolute atomic E-state index is 0.0298. The molecule has 1 aromatic heterocycles. The highest BCUT2D eigenvalue weighted by Gasteiger charge is 2.22. The fraction of sp³-hybridized carbons (Fsp3) is 0.250. The van der Waals surface area contributed by atoms with Crippen LogP contribution in [0.4, 0.5) is 4.39 Å². The molecule has 1 saturated heterocycles. The standard InChI is InChI=1S/C24H23FN6O/c25-21-10-8-19(9-11-21)24-26-28-31(27-24)17-23(32)30-14-12-29(13-15-30)16-20-6-3-5-18-4-1-2-7-22(18)20/h1-11H,12-17H2. The van der Waals surface area contributed by atoms with E-state index in [0.717, 1.165) is 19.6 Å². The molecule has 0 atom stereocenters. The van der Waals surface area contributed by atoms with Gasteiger partial charge in [0.25, 0.3) is 0 Å². The molecule has 0 N–H and O–H groups in total. The average molecular weight is 430 g/mol. The summed E-state index contributed by atoms with van der Waals surface area (Å²) in [6, 6.07) is 20.7. The van der Waals surface area contributed by atoms with Crippen molar-refractivity contribution in [3.8, 4) is 11.4 Å². The number of halogens is 1. The number of hydrogen-bond donors (Lipinski definition) is 0. The van der Waals surface area contributed by atoms with Crippen molar-refractivity contribution < 1.29 is 9.18 Å². The normalized spacial score (nSPS) is 14.7. The van der Waals surface area contributed by atoms with Gasteiger partial charge in [-0.25, -0.2) is 4.39 Å². The Labute approximate surface area is 185 Å². The maximum Gasteiger partial charge on any atom is 0.246 e. The molecule has 0 spiro atoms. The molecule has 1 aliphatic heterocycles. The Morgan fingerprint density at radius 2 is 1.66 bits per heavy atom. The molecule has 32 heavy (non-hydrogen) atoms. The summed E-state index contributed by atoms with van der Waals surface area (Å²) in [7, 11) is 0. The first-order valence-electron chi connectivity index (χ1n) is 10.7. The topological polar surface area (TPSA) is 67.2 Å². The lowest BCUT2D eigenvalue weighted by Crippen LogP contribution is -2.49. The summed E-state index contributed by atoms with van der Waals surface area (Å²) in [5, 5.41) is 14.7. The maximum absolute atomic E-state index is 13.1. The van der Waals surface area contributed by atoms with Gasteiger partial charge in [0.1, 0.15) is 12.4 Å². The van der Waals surface area contributed by atoms with E-state index < -0.39 is 0 Å². The number of tetrazole rings is 1. The summed E-state index contributed by atoms with van der Waals surface area (Å²) >= 11 is 0. The Morgan fingerprint density at radius 3 is 2.47 bits per heavy atom. The van der Waals surface area contributed by atoms with Crippen molar-refractivity contribution in [2.24, 2.45) is 0 Å². The van der Waals surface area contributed by atoms with E-state index in [1.807, 2.05) is 4.90 Å². The van der Waals surface area contributed by atoms with E-state index in [1.165, 1.54) is 33.3 Å². The molecule has 2 heterocycles. The molecule has 4 aromatic rings. The third-order valence-corrected chi connectivity index (χ3v) is 5.83. The van der Waals surface area contributed by atoms with Crippen molar-refractivity contribution in [2.75, 3.05) is 26.2 Å². The number of carbonyl (C=O) groups excluding carboxylic acids is 1. The number of hydrogen-bond acceptors (Lipinski definition) is 5. The summed E-state index contributed by atoms with van der Waals surface area (Å²) in [6.07, 6.45) is 0. The summed E-state index contributed by atoms with van der Waals surface area (Å²) in [6.45, 7) is 3.89. The SMILES string of the molecule is O=C(Cn1nnc(-c2ccc(F)cc2)n1)N1CCN(Cc2cccc3ccccc23)CC1. The van der Waals surface area contributed by atoms with Crippen molar-refractivity contribution in [3.63, 3.8) is 0 Å². The van der Waals surface area contributed by atoms with Gasteiger partial charge < -0.3 is 4.90 Å². The smallest absolute Gasteiger partial charge is 0.246 e. The zero-order chi connectivity index (χ0) is 21.9. The number of amides is 1. The number of rotatable bonds is 5. The Morgan fingerprint density at radius 1 is 0.906 bits per heavy atom. The van der Waals surface area contributed by atoms with Gasteiger partial charge in [-0.2, -0.15) is 4.80 Å². The van der Waals surface area contributed by atoms with E-state index in [4.69, 9.17) is 0 Å². The third-order valence-electron chi connectivity index (χ3n) is 5.83. The molecule has 3 aromatic carbocycles. The van der Waals surface area contributed by atoms with Crippen LogP contribution in [-0.2, 0) is 17.9 Å². The number of nitrogens with zero attached hydrogens (tertiary/aromatic N) is 6. The fourth-order valence-electron chi connectivity index (χ4n) is 4.07. The minimum Gasteiger partial charge on any atom is -0.338 e. The van der Waals surface area contributed by atoms with Crippen LogP contribution in [0.3, 0.4) is 0 Å². The molecule has 5 rings (SSSR count). The molecule has 7 nitrogen and oxygen atoms in total. The molecular formula is C24H23FN6O. The fourth-order valence-corrected chi connectivity index (χ4v) is 4.07. The number of aromatic nitrogens is 4. The molecule has 1 fully saturated rings. The van der Waals surface area contributed by atoms with Crippen LogP contribution in [0, 0.1) is 5.82 Å². The van der Waals surface area contributed by atoms with E-state index in [2.05, 4.69) is 62.8 Å². The molecule has 162 valence electrons. The molecule has 0 bridgehead atoms. The van der Waals surface area contributed by atoms with Crippen molar-refractivity contribution in [2.45, 2.75) is 13.1 Å². The molecular weight excluding hydrogens is 407 g/mol. The molecule has 0 aliphatic carbocycles. The first kappa shape index (κ1) is 20.3. The molecule has 0 unspecified atom stereocenters. The van der Waals surface area contributed by atoms with E-state index >= 15 is 0 Å². The monoisotopic (exact) mass is 430 g/mol. The van der Waals surface area contributed by atoms with Gasteiger partial charge in [-0.3, -0.25) is 9.69 Å². The Balaban J connectivity index is 1.17. The van der Waals surface area contributed by atoms with Gasteiger partial charge in [-0.15, -0.1) is 10.2 Å². The van der Waals surface area contributed by atoms with Crippen molar-refractivity contribution >= 4 is 16.7 Å². The predicted molar refractivity (Wildman–Crippen MR) is 119 cm³/mol. The van der Waals surface area contributed by atoms with Crippen molar-refractivity contribution in [1.29, 1.82) is 0 Å². The van der Waals surface area contributed by atoms with Crippen molar-refractivity contribution in [1.82, 2.24) is 30.0 Å². The zero-order valence-electron chi connectivity index (χ0n) is 17.6. The Kier molecular flexibility index (Phi) is 5.60. The average Bonchev–Trinajstić information content (AvgIpc) is 3.29. The second kappa shape index (κ2) is 8.84. The third kappa shape index (κ3) is 4.36. The first-order chi connectivity index (χ1) is 15.7. The zero-order valence-corrected chi connectivity index (χ0v) is 17.6. The van der Waals surface area contributed by atoms with E-state index in [-0.39, 0.29) is 18.3 Å². The molecule has 8 heteroatoms. The van der Waals surface area contributed by atoms with Crippen LogP contribution in [0.25, 0.3) is 22.2 Å². The van der Waals surface area contributed by atoms with Gasteiger partial charge in [0.05, 0.1) is 0 Å². The Hall–Kier alpha value is -3.65. The van der Waals surface area contributed by atoms with Gasteiger partial charge in [0.2, 0.25) is 11.7 Å². The van der Waals surface area contributed by atoms with Crippen molar-refractivity contribution in [3.05, 3.63) is 78.1 Å². The second-order valence-electron chi connectivity index (χ2n) is 7.95. The van der Waals surface area contributed by atoms with Gasteiger partial charge in [-0.05, 0) is 45.8 Å². The second-order valence-corrected chi connectivity index (χ2v) is 7.95. The number of carbonyl (C=O) groups is 1. The van der Waals surface area contributed by atoms with Gasteiger partial charge in [0, 0.05) is 38.3 Å². The quantitative estimate of drug-likeness (QED) is 0.487. The highest BCUT2D eigenvalue weighted by molar-refractivity contribution is 5.85.